The van der Waals surface area contributed by atoms with Gasteiger partial charge in [-0.3, -0.25) is 9.69 Å². The number of hydrogen-bond acceptors (Lipinski definition) is 13. The Kier molecular flexibility index (Phi) is 12.2. The molecule has 10 rings (SSSR count). The van der Waals surface area contributed by atoms with Crippen LogP contribution in [-0.4, -0.2) is 89.7 Å². The van der Waals surface area contributed by atoms with Gasteiger partial charge in [0.1, 0.15) is 46.7 Å². The third kappa shape index (κ3) is 9.11. The fraction of sp³-hybridized carbons (Fsp3) is 0.480. The van der Waals surface area contributed by atoms with E-state index in [1.807, 2.05) is 6.92 Å². The molecule has 4 N–H and O–H groups in total. The van der Waals surface area contributed by atoms with Crippen LogP contribution < -0.4 is 24.4 Å². The standard InChI is InChI=1S/C50H58FN7O7S2/c1-30(2)36-6-4-5-7-37(36)43-29-66-19-18-58(43)33-24-50(25-33)14-16-57(17-15-50)32-8-9-38(44(20-32)65-34-21-39-40(51)27-53-47(39)52-26-34)48(59)56-67(62,63)35-22-41(55-61)46-45(23-35)64-28-42(54-46)31-10-12-49(3,60)13-11-31/h4-9,20-23,26-27,30-31,33,42-43,54,60H,10-19,24-25,28-29H2,1-3H3,(H,52,53)(H,56,59)/t31-,42-,43-,49-/m1/s1. The number of carbonyl (C=O) groups is 1. The number of anilines is 2. The number of benzene rings is 3. The van der Waals surface area contributed by atoms with Crippen LogP contribution in [0, 0.1) is 22.1 Å². The topological polar surface area (TPSA) is 179 Å². The molecule has 1 spiro atoms. The van der Waals surface area contributed by atoms with Crippen LogP contribution >= 0.6 is 11.8 Å². The van der Waals surface area contributed by atoms with Crippen LogP contribution in [0.15, 0.2) is 83.1 Å². The van der Waals surface area contributed by atoms with Crippen LogP contribution in [0.2, 0.25) is 0 Å². The molecule has 2 atom stereocenters. The minimum Gasteiger partial charge on any atom is -0.489 e. The Labute approximate surface area is 394 Å². The number of aliphatic hydroxyl groups is 1. The summed E-state index contributed by atoms with van der Waals surface area (Å²) >= 11 is 2.05. The molecule has 5 aromatic rings. The zero-order chi connectivity index (χ0) is 46.7. The lowest BCUT2D eigenvalue weighted by Crippen LogP contribution is -2.57. The number of aromatic amines is 1. The number of rotatable bonds is 11. The molecule has 2 saturated carbocycles. The number of piperidine rings is 1. The number of amides is 1. The summed E-state index contributed by atoms with van der Waals surface area (Å²) in [6.45, 7) is 9.31. The summed E-state index contributed by atoms with van der Waals surface area (Å²) in [7, 11) is -4.59. The van der Waals surface area contributed by atoms with E-state index >= 15 is 0 Å². The van der Waals surface area contributed by atoms with Crippen molar-refractivity contribution in [3.8, 4) is 17.2 Å². The molecule has 5 aliphatic rings. The molecule has 17 heteroatoms. The Morgan fingerprint density at radius 2 is 1.84 bits per heavy atom. The zero-order valence-corrected chi connectivity index (χ0v) is 39.7. The van der Waals surface area contributed by atoms with Crippen molar-refractivity contribution in [2.75, 3.05) is 48.0 Å². The predicted octanol–water partition coefficient (Wildman–Crippen LogP) is 9.79. The zero-order valence-electron chi connectivity index (χ0n) is 38.1. The molecule has 0 radical (unpaired) electrons. The number of pyridine rings is 1. The third-order valence-electron chi connectivity index (χ3n) is 15.2. The Bertz CT molecular complexity index is 2790. The van der Waals surface area contributed by atoms with Crippen LogP contribution in [0.1, 0.15) is 106 Å². The summed E-state index contributed by atoms with van der Waals surface area (Å²) < 4.78 is 57.0. The predicted molar refractivity (Wildman–Crippen MR) is 259 cm³/mol. The van der Waals surface area contributed by atoms with Gasteiger partial charge in [0.25, 0.3) is 15.9 Å². The van der Waals surface area contributed by atoms with Crippen molar-refractivity contribution in [3.05, 3.63) is 100 Å². The smallest absolute Gasteiger partial charge is 0.268 e. The number of ether oxygens (including phenoxy) is 2. The number of halogens is 1. The van der Waals surface area contributed by atoms with E-state index in [1.165, 1.54) is 54.6 Å². The van der Waals surface area contributed by atoms with Gasteiger partial charge in [-0.2, -0.15) is 11.8 Å². The molecule has 5 heterocycles. The molecule has 67 heavy (non-hydrogen) atoms. The second-order valence-electron chi connectivity index (χ2n) is 19.9. The molecule has 2 aromatic heterocycles. The first-order valence-electron chi connectivity index (χ1n) is 23.5. The van der Waals surface area contributed by atoms with Crippen LogP contribution in [0.3, 0.4) is 0 Å². The number of hydrogen-bond donors (Lipinski definition) is 4. The molecule has 4 fully saturated rings. The van der Waals surface area contributed by atoms with E-state index in [4.69, 9.17) is 9.47 Å². The lowest BCUT2D eigenvalue weighted by Gasteiger charge is -2.57. The van der Waals surface area contributed by atoms with Gasteiger partial charge in [0.2, 0.25) is 0 Å². The summed E-state index contributed by atoms with van der Waals surface area (Å²) in [5.74, 6) is 1.76. The van der Waals surface area contributed by atoms with E-state index in [9.17, 15) is 27.6 Å². The Morgan fingerprint density at radius 3 is 2.60 bits per heavy atom. The van der Waals surface area contributed by atoms with E-state index < -0.39 is 27.3 Å². The van der Waals surface area contributed by atoms with E-state index in [0.29, 0.717) is 36.5 Å². The molecule has 354 valence electrons. The van der Waals surface area contributed by atoms with Crippen molar-refractivity contribution < 1.29 is 32.2 Å². The highest BCUT2D eigenvalue weighted by Crippen LogP contribution is 2.54. The van der Waals surface area contributed by atoms with E-state index in [2.05, 4.69) is 84.9 Å². The molecular formula is C50H58FN7O7S2. The molecule has 0 bridgehead atoms. The summed E-state index contributed by atoms with van der Waals surface area (Å²) in [6.07, 6.45) is 9.79. The number of aromatic nitrogens is 2. The number of nitroso groups, excluding NO2 is 1. The maximum Gasteiger partial charge on any atom is 0.268 e. The van der Waals surface area contributed by atoms with Gasteiger partial charge in [-0.05, 0) is 116 Å². The highest BCUT2D eigenvalue weighted by molar-refractivity contribution is 7.99. The van der Waals surface area contributed by atoms with Crippen molar-refractivity contribution in [1.82, 2.24) is 19.6 Å². The number of carbonyl (C=O) groups excluding carboxylic acids is 1. The summed E-state index contributed by atoms with van der Waals surface area (Å²) in [5.41, 5.74) is 3.62. The second kappa shape index (κ2) is 18.0. The number of sulfonamides is 1. The van der Waals surface area contributed by atoms with E-state index in [1.54, 1.807) is 12.1 Å². The first kappa shape index (κ1) is 45.5. The third-order valence-corrected chi connectivity index (χ3v) is 17.5. The number of nitrogens with zero attached hydrogens (tertiary/aromatic N) is 4. The van der Waals surface area contributed by atoms with Gasteiger partial charge < -0.3 is 29.8 Å². The SMILES string of the molecule is CC(C)c1ccccc1[C@H]1CSCCN1C1CC2(CCN(c3ccc(C(=O)NS(=O)(=O)c4cc(N=O)c5c(c4)OC[C@H]([C@H]4CC[C@](C)(O)CC4)N5)c(Oc4cnc5[nH]cc(F)c5c4)c3)CC2)C1. The Balaban J connectivity index is 0.856. The fourth-order valence-corrected chi connectivity index (χ4v) is 13.3. The van der Waals surface area contributed by atoms with Crippen molar-refractivity contribution in [1.29, 1.82) is 0 Å². The van der Waals surface area contributed by atoms with Crippen LogP contribution in [0.5, 0.6) is 17.2 Å². The molecule has 1 amide bonds. The molecule has 3 aliphatic heterocycles. The lowest BCUT2D eigenvalue weighted by molar-refractivity contribution is -0.0311. The molecule has 14 nitrogen and oxygen atoms in total. The lowest BCUT2D eigenvalue weighted by atomic mass is 9.59. The molecule has 2 aliphatic carbocycles. The van der Waals surface area contributed by atoms with Crippen LogP contribution in [-0.2, 0) is 10.0 Å². The first-order valence-corrected chi connectivity index (χ1v) is 26.1. The second-order valence-corrected chi connectivity index (χ2v) is 22.7. The average molecular weight is 952 g/mol. The molecule has 3 aromatic carbocycles. The maximum absolute atomic E-state index is 14.7. The van der Waals surface area contributed by atoms with E-state index in [-0.39, 0.29) is 68.5 Å². The van der Waals surface area contributed by atoms with Gasteiger partial charge in [0.15, 0.2) is 0 Å². The summed E-state index contributed by atoms with van der Waals surface area (Å²) in [6, 6.07) is 18.7. The first-order chi connectivity index (χ1) is 32.2. The van der Waals surface area contributed by atoms with Gasteiger partial charge in [-0.15, -0.1) is 4.91 Å². The minimum atomic E-state index is -4.59. The van der Waals surface area contributed by atoms with Crippen molar-refractivity contribution in [2.24, 2.45) is 16.5 Å². The van der Waals surface area contributed by atoms with Crippen molar-refractivity contribution in [3.63, 3.8) is 0 Å². The van der Waals surface area contributed by atoms with Gasteiger partial charge in [-0.25, -0.2) is 22.5 Å². The maximum atomic E-state index is 14.7. The number of nitrogens with one attached hydrogen (secondary N) is 3. The normalized spacial score (nSPS) is 24.4. The highest BCUT2D eigenvalue weighted by Gasteiger charge is 2.50. The molecule has 2 saturated heterocycles. The number of H-pyrrole nitrogens is 1. The van der Waals surface area contributed by atoms with Crippen LogP contribution in [0.4, 0.5) is 21.5 Å². The Morgan fingerprint density at radius 1 is 1.06 bits per heavy atom. The van der Waals surface area contributed by atoms with E-state index in [0.717, 1.165) is 68.6 Å². The van der Waals surface area contributed by atoms with Gasteiger partial charge in [-0.1, -0.05) is 38.1 Å². The molecule has 0 unspecified atom stereocenters. The largest absolute Gasteiger partial charge is 0.489 e. The van der Waals surface area contributed by atoms with Gasteiger partial charge in [0.05, 0.1) is 33.7 Å². The van der Waals surface area contributed by atoms with Crippen molar-refractivity contribution in [2.45, 2.75) is 107 Å². The quantitative estimate of drug-likeness (QED) is 0.0923. The highest BCUT2D eigenvalue weighted by atomic mass is 32.2. The Hall–Kier alpha value is -5.23. The summed E-state index contributed by atoms with van der Waals surface area (Å²) in [5, 5.41) is 17.1. The van der Waals surface area contributed by atoms with Crippen molar-refractivity contribution >= 4 is 55.8 Å². The minimum absolute atomic E-state index is 0.0606. The van der Waals surface area contributed by atoms with Gasteiger partial charge >= 0.3 is 0 Å². The number of thioether (sulfide) groups is 1. The van der Waals surface area contributed by atoms with Gasteiger partial charge in [0, 0.05) is 67.2 Å². The number of fused-ring (bicyclic) bond motifs is 2. The van der Waals surface area contributed by atoms with Crippen LogP contribution in [0.25, 0.3) is 11.0 Å². The fourth-order valence-electron chi connectivity index (χ4n) is 11.2. The summed E-state index contributed by atoms with van der Waals surface area (Å²) in [4.78, 5) is 38.0. The monoisotopic (exact) mass is 951 g/mol. The average Bonchev–Trinajstić information content (AvgIpc) is 3.69. The molecular weight excluding hydrogens is 894 g/mol.